The molecule has 1 amide bonds. The zero-order chi connectivity index (χ0) is 23.6. The Kier molecular flexibility index (Phi) is 6.35. The van der Waals surface area contributed by atoms with Crippen molar-refractivity contribution in [3.05, 3.63) is 65.9 Å². The lowest BCUT2D eigenvalue weighted by atomic mass is 10.1. The van der Waals surface area contributed by atoms with Crippen molar-refractivity contribution in [1.29, 1.82) is 5.26 Å². The summed E-state index contributed by atoms with van der Waals surface area (Å²) in [7, 11) is 0. The smallest absolute Gasteiger partial charge is 0.297 e. The van der Waals surface area contributed by atoms with Crippen LogP contribution in [0.4, 0.5) is 19.0 Å². The number of hydrogen-bond donors (Lipinski definition) is 0. The van der Waals surface area contributed by atoms with Crippen molar-refractivity contribution < 1.29 is 18.0 Å². The molecule has 2 aliphatic heterocycles. The Hall–Kier alpha value is -3.42. The topological polar surface area (TPSA) is 68.4 Å². The molecule has 1 fully saturated rings. The average Bonchev–Trinajstić information content (AvgIpc) is 3.24. The van der Waals surface area contributed by atoms with Gasteiger partial charge >= 0.3 is 6.18 Å². The van der Waals surface area contributed by atoms with Crippen molar-refractivity contribution >= 4 is 17.4 Å². The van der Waals surface area contributed by atoms with Gasteiger partial charge in [-0.05, 0) is 18.2 Å². The van der Waals surface area contributed by atoms with E-state index in [0.29, 0.717) is 11.3 Å². The molecule has 0 radical (unpaired) electrons. The van der Waals surface area contributed by atoms with Crippen LogP contribution in [0.25, 0.3) is 5.70 Å². The van der Waals surface area contributed by atoms with E-state index in [2.05, 4.69) is 21.5 Å². The number of benzene rings is 1. The third-order valence-corrected chi connectivity index (χ3v) is 5.81. The number of carbonyl (C=O) groups excluding carboxylic acids is 1. The minimum Gasteiger partial charge on any atom is -0.297 e. The molecule has 0 bridgehead atoms. The van der Waals surface area contributed by atoms with Crippen LogP contribution >= 0.6 is 0 Å². The minimum absolute atomic E-state index is 0.140. The number of nitriles is 1. The maximum absolute atomic E-state index is 13.2. The molecule has 0 saturated carbocycles. The van der Waals surface area contributed by atoms with Gasteiger partial charge in [0.1, 0.15) is 11.6 Å². The van der Waals surface area contributed by atoms with Gasteiger partial charge in [0.05, 0.1) is 24.0 Å². The Morgan fingerprint density at radius 3 is 2.61 bits per heavy atom. The number of hydrogen-bond acceptors (Lipinski definition) is 5. The summed E-state index contributed by atoms with van der Waals surface area (Å²) in [6.45, 7) is 8.03. The van der Waals surface area contributed by atoms with E-state index in [9.17, 15) is 23.2 Å². The Labute approximate surface area is 189 Å². The standard InChI is InChI=1S/C23H23F3N6O/c1-2-7-29-9-11-30(12-10-29)16-21(33)31-8-6-20(32-22(31)18(14-27)15-28-32)17-4-3-5-19(13-17)23(24,25)26/h2-6,13,15H,1,7-12,16H2. The third kappa shape index (κ3) is 4.69. The molecular formula is C23H23F3N6O. The first-order chi connectivity index (χ1) is 15.8. The number of nitrogens with zero attached hydrogens (tertiary/aromatic N) is 6. The number of alkyl halides is 3. The van der Waals surface area contributed by atoms with Crippen LogP contribution in [0.5, 0.6) is 0 Å². The zero-order valence-corrected chi connectivity index (χ0v) is 17.9. The second-order valence-electron chi connectivity index (χ2n) is 7.94. The first-order valence-corrected chi connectivity index (χ1v) is 10.5. The van der Waals surface area contributed by atoms with Crippen LogP contribution < -0.4 is 4.90 Å². The number of piperazine rings is 1. The highest BCUT2D eigenvalue weighted by atomic mass is 19.4. The predicted molar refractivity (Wildman–Crippen MR) is 117 cm³/mol. The molecule has 1 saturated heterocycles. The molecule has 0 spiro atoms. The molecule has 0 atom stereocenters. The molecule has 0 unspecified atom stereocenters. The molecule has 4 rings (SSSR count). The van der Waals surface area contributed by atoms with Crippen LogP contribution in [0.3, 0.4) is 0 Å². The monoisotopic (exact) mass is 456 g/mol. The van der Waals surface area contributed by atoms with Crippen LogP contribution in [-0.2, 0) is 11.0 Å². The van der Waals surface area contributed by atoms with E-state index in [1.807, 2.05) is 12.1 Å². The number of aromatic nitrogens is 2. The van der Waals surface area contributed by atoms with Crippen molar-refractivity contribution in [3.8, 4) is 6.07 Å². The van der Waals surface area contributed by atoms with Gasteiger partial charge in [-0.1, -0.05) is 18.2 Å². The summed E-state index contributed by atoms with van der Waals surface area (Å²) >= 11 is 0. The lowest BCUT2D eigenvalue weighted by molar-refractivity contribution is -0.137. The fraction of sp³-hybridized carbons (Fsp3) is 0.348. The number of anilines is 1. The van der Waals surface area contributed by atoms with Gasteiger partial charge in [0, 0.05) is 44.8 Å². The van der Waals surface area contributed by atoms with E-state index in [1.165, 1.54) is 21.8 Å². The fourth-order valence-corrected chi connectivity index (χ4v) is 4.11. The van der Waals surface area contributed by atoms with Gasteiger partial charge in [-0.15, -0.1) is 6.58 Å². The summed E-state index contributed by atoms with van der Waals surface area (Å²) < 4.78 is 41.0. The van der Waals surface area contributed by atoms with E-state index < -0.39 is 11.7 Å². The van der Waals surface area contributed by atoms with Crippen molar-refractivity contribution in [3.63, 3.8) is 0 Å². The van der Waals surface area contributed by atoms with Crippen molar-refractivity contribution in [1.82, 2.24) is 19.6 Å². The first kappa shape index (κ1) is 22.8. The molecule has 2 aromatic rings. The number of amides is 1. The van der Waals surface area contributed by atoms with Gasteiger partial charge in [-0.2, -0.15) is 23.5 Å². The van der Waals surface area contributed by atoms with Gasteiger partial charge < -0.3 is 0 Å². The van der Waals surface area contributed by atoms with Gasteiger partial charge in [0.15, 0.2) is 5.82 Å². The predicted octanol–water partition coefficient (Wildman–Crippen LogP) is 2.81. The molecule has 0 aliphatic carbocycles. The van der Waals surface area contributed by atoms with Crippen LogP contribution in [0.1, 0.15) is 16.7 Å². The molecular weight excluding hydrogens is 433 g/mol. The van der Waals surface area contributed by atoms with Crippen molar-refractivity contribution in [2.75, 3.05) is 50.7 Å². The van der Waals surface area contributed by atoms with Gasteiger partial charge in [0.2, 0.25) is 5.91 Å². The minimum atomic E-state index is -4.48. The Balaban J connectivity index is 1.57. The van der Waals surface area contributed by atoms with Gasteiger partial charge in [-0.25, -0.2) is 4.68 Å². The Bertz CT molecular complexity index is 1120. The molecule has 1 aromatic heterocycles. The maximum Gasteiger partial charge on any atom is 0.416 e. The highest BCUT2D eigenvalue weighted by Gasteiger charge is 2.33. The van der Waals surface area contributed by atoms with E-state index >= 15 is 0 Å². The zero-order valence-electron chi connectivity index (χ0n) is 17.9. The van der Waals surface area contributed by atoms with E-state index in [0.717, 1.165) is 44.9 Å². The molecule has 33 heavy (non-hydrogen) atoms. The Morgan fingerprint density at radius 2 is 1.94 bits per heavy atom. The second kappa shape index (κ2) is 9.21. The molecule has 2 aliphatic rings. The quantitative estimate of drug-likeness (QED) is 0.648. The molecule has 7 nitrogen and oxygen atoms in total. The van der Waals surface area contributed by atoms with Crippen molar-refractivity contribution in [2.24, 2.45) is 0 Å². The second-order valence-corrected chi connectivity index (χ2v) is 7.94. The van der Waals surface area contributed by atoms with E-state index in [1.54, 1.807) is 12.1 Å². The first-order valence-electron chi connectivity index (χ1n) is 10.5. The average molecular weight is 456 g/mol. The summed E-state index contributed by atoms with van der Waals surface area (Å²) in [6, 6.07) is 6.97. The number of fused-ring (bicyclic) bond motifs is 1. The highest BCUT2D eigenvalue weighted by molar-refractivity contribution is 5.97. The summed E-state index contributed by atoms with van der Waals surface area (Å²) in [5.41, 5.74) is 0.129. The maximum atomic E-state index is 13.2. The fourth-order valence-electron chi connectivity index (χ4n) is 4.11. The number of halogens is 3. The SMILES string of the molecule is C=CCN1CCN(CC(=O)N2CC=C(c3cccc(C(F)(F)F)c3)n3ncc(C#N)c32)CC1. The number of rotatable bonds is 5. The summed E-state index contributed by atoms with van der Waals surface area (Å²) in [4.78, 5) is 18.9. The number of carbonyl (C=O) groups is 1. The van der Waals surface area contributed by atoms with Crippen LogP contribution in [0, 0.1) is 11.3 Å². The summed E-state index contributed by atoms with van der Waals surface area (Å²) in [5.74, 6) is 0.0902. The molecule has 10 heteroatoms. The normalized spacial score (nSPS) is 17.3. The van der Waals surface area contributed by atoms with E-state index in [4.69, 9.17) is 0 Å². The van der Waals surface area contributed by atoms with Crippen LogP contribution in [0.15, 0.2) is 49.2 Å². The van der Waals surface area contributed by atoms with Gasteiger partial charge in [-0.3, -0.25) is 19.5 Å². The summed E-state index contributed by atoms with van der Waals surface area (Å²) in [6.07, 6.45) is 0.369. The molecule has 3 heterocycles. The summed E-state index contributed by atoms with van der Waals surface area (Å²) in [5, 5.41) is 13.8. The third-order valence-electron chi connectivity index (χ3n) is 5.81. The highest BCUT2D eigenvalue weighted by Crippen LogP contribution is 2.34. The molecule has 1 aromatic carbocycles. The molecule has 172 valence electrons. The van der Waals surface area contributed by atoms with Gasteiger partial charge in [0.25, 0.3) is 0 Å². The lowest BCUT2D eigenvalue weighted by Gasteiger charge is -2.35. The lowest BCUT2D eigenvalue weighted by Crippen LogP contribution is -2.50. The largest absolute Gasteiger partial charge is 0.416 e. The Morgan fingerprint density at radius 1 is 1.21 bits per heavy atom. The van der Waals surface area contributed by atoms with Crippen molar-refractivity contribution in [2.45, 2.75) is 6.18 Å². The van der Waals surface area contributed by atoms with Crippen LogP contribution in [-0.4, -0.2) is 71.3 Å². The van der Waals surface area contributed by atoms with E-state index in [-0.39, 0.29) is 30.4 Å². The van der Waals surface area contributed by atoms with Crippen LogP contribution in [0.2, 0.25) is 0 Å². The molecule has 0 N–H and O–H groups in total.